The number of piperidine rings is 1. The number of fused-ring (bicyclic) bond motifs is 1. The zero-order chi connectivity index (χ0) is 15.0. The van der Waals surface area contributed by atoms with Gasteiger partial charge in [0.2, 0.25) is 5.43 Å². The van der Waals surface area contributed by atoms with Gasteiger partial charge in [-0.2, -0.15) is 0 Å². The number of carboxylic acids is 1. The first-order valence-corrected chi connectivity index (χ1v) is 7.14. The second kappa shape index (κ2) is 5.33. The maximum Gasteiger partial charge on any atom is 0.341 e. The Kier molecular flexibility index (Phi) is 3.51. The fourth-order valence-electron chi connectivity index (χ4n) is 3.07. The van der Waals surface area contributed by atoms with E-state index in [4.69, 9.17) is 0 Å². The van der Waals surface area contributed by atoms with Crippen LogP contribution in [0.1, 0.15) is 34.8 Å². The minimum absolute atomic E-state index is 0.0942. The third-order valence-electron chi connectivity index (χ3n) is 4.28. The number of hydrogen-bond donors (Lipinski definition) is 2. The fraction of sp³-hybridized carbons (Fsp3) is 0.375. The number of para-hydroxylation sites is 1. The number of pyridine rings is 1. The highest BCUT2D eigenvalue weighted by Crippen LogP contribution is 2.28. The average Bonchev–Trinajstić information content (AvgIpc) is 2.47. The molecule has 0 bridgehead atoms. The Morgan fingerprint density at radius 3 is 2.62 bits per heavy atom. The van der Waals surface area contributed by atoms with Crippen LogP contribution in [-0.2, 0) is 0 Å². The Morgan fingerprint density at radius 1 is 1.29 bits per heavy atom. The summed E-state index contributed by atoms with van der Waals surface area (Å²) in [5.41, 5.74) is 0.815. The number of carbonyl (C=O) groups is 1. The molecule has 0 saturated carbocycles. The van der Waals surface area contributed by atoms with Crippen LogP contribution in [0.15, 0.2) is 29.1 Å². The number of benzene rings is 1. The molecule has 0 aliphatic carbocycles. The van der Waals surface area contributed by atoms with Crippen molar-refractivity contribution in [1.29, 1.82) is 0 Å². The third kappa shape index (κ3) is 2.45. The third-order valence-corrected chi connectivity index (χ3v) is 4.28. The summed E-state index contributed by atoms with van der Waals surface area (Å²) in [6.45, 7) is 1.83. The summed E-state index contributed by atoms with van der Waals surface area (Å²) in [4.78, 5) is 29.5. The summed E-state index contributed by atoms with van der Waals surface area (Å²) in [6.07, 6.45) is 1.73. The van der Waals surface area contributed by atoms with Gasteiger partial charge in [0.1, 0.15) is 5.56 Å². The van der Waals surface area contributed by atoms with E-state index in [-0.39, 0.29) is 16.9 Å². The van der Waals surface area contributed by atoms with E-state index in [1.807, 2.05) is 12.1 Å². The lowest BCUT2D eigenvalue weighted by atomic mass is 9.89. The summed E-state index contributed by atoms with van der Waals surface area (Å²) in [5, 5.41) is 9.89. The molecule has 5 heteroatoms. The summed E-state index contributed by atoms with van der Waals surface area (Å²) in [5.74, 6) is -1.04. The lowest BCUT2D eigenvalue weighted by molar-refractivity contribution is 0.0692. The van der Waals surface area contributed by atoms with Crippen molar-refractivity contribution >= 4 is 16.9 Å². The van der Waals surface area contributed by atoms with Crippen LogP contribution in [0.25, 0.3) is 10.9 Å². The van der Waals surface area contributed by atoms with E-state index in [0.29, 0.717) is 16.6 Å². The summed E-state index contributed by atoms with van der Waals surface area (Å²) >= 11 is 0. The van der Waals surface area contributed by atoms with Crippen LogP contribution in [0, 0.1) is 0 Å². The lowest BCUT2D eigenvalue weighted by Gasteiger charge is -2.29. The number of rotatable bonds is 2. The van der Waals surface area contributed by atoms with Gasteiger partial charge in [-0.05, 0) is 45.1 Å². The average molecular weight is 286 g/mol. The Balaban J connectivity index is 2.18. The van der Waals surface area contributed by atoms with E-state index in [9.17, 15) is 14.7 Å². The zero-order valence-corrected chi connectivity index (χ0v) is 11.9. The molecule has 0 amide bonds. The maximum absolute atomic E-state index is 12.5. The first-order chi connectivity index (χ1) is 10.1. The largest absolute Gasteiger partial charge is 0.477 e. The van der Waals surface area contributed by atoms with E-state index in [1.165, 1.54) is 0 Å². The first kappa shape index (κ1) is 13.8. The molecular weight excluding hydrogens is 268 g/mol. The number of aromatic carboxylic acids is 1. The van der Waals surface area contributed by atoms with Crippen molar-refractivity contribution < 1.29 is 9.90 Å². The number of nitrogens with zero attached hydrogens (tertiary/aromatic N) is 1. The highest BCUT2D eigenvalue weighted by Gasteiger charge is 2.26. The monoisotopic (exact) mass is 286 g/mol. The van der Waals surface area contributed by atoms with Crippen LogP contribution < -0.4 is 5.43 Å². The molecule has 2 heterocycles. The van der Waals surface area contributed by atoms with Crippen LogP contribution >= 0.6 is 0 Å². The molecule has 1 aliphatic heterocycles. The highest BCUT2D eigenvalue weighted by atomic mass is 16.4. The van der Waals surface area contributed by atoms with Gasteiger partial charge in [-0.25, -0.2) is 4.79 Å². The summed E-state index contributed by atoms with van der Waals surface area (Å²) in [7, 11) is 2.05. The molecule has 1 fully saturated rings. The van der Waals surface area contributed by atoms with Crippen molar-refractivity contribution in [3.63, 3.8) is 0 Å². The molecule has 0 spiro atoms. The predicted octanol–water partition coefficient (Wildman–Crippen LogP) is 2.04. The van der Waals surface area contributed by atoms with Crippen molar-refractivity contribution in [1.82, 2.24) is 9.88 Å². The lowest BCUT2D eigenvalue weighted by Crippen LogP contribution is -2.31. The van der Waals surface area contributed by atoms with Crippen LogP contribution in [0.3, 0.4) is 0 Å². The molecule has 1 aromatic carbocycles. The van der Waals surface area contributed by atoms with Gasteiger partial charge in [0.25, 0.3) is 0 Å². The Hall–Kier alpha value is -2.14. The van der Waals surface area contributed by atoms with Crippen molar-refractivity contribution in [2.45, 2.75) is 18.8 Å². The molecule has 0 atom stereocenters. The van der Waals surface area contributed by atoms with E-state index >= 15 is 0 Å². The van der Waals surface area contributed by atoms with Crippen LogP contribution in [0.2, 0.25) is 0 Å². The van der Waals surface area contributed by atoms with Gasteiger partial charge in [0.15, 0.2) is 0 Å². The fourth-order valence-corrected chi connectivity index (χ4v) is 3.07. The number of aromatic nitrogens is 1. The van der Waals surface area contributed by atoms with Crippen molar-refractivity contribution in [3.8, 4) is 0 Å². The number of likely N-dealkylation sites (tertiary alicyclic amines) is 1. The first-order valence-electron chi connectivity index (χ1n) is 7.14. The van der Waals surface area contributed by atoms with E-state index in [1.54, 1.807) is 12.1 Å². The molecule has 21 heavy (non-hydrogen) atoms. The Labute approximate surface area is 122 Å². The van der Waals surface area contributed by atoms with Gasteiger partial charge in [-0.15, -0.1) is 0 Å². The molecule has 0 unspecified atom stereocenters. The maximum atomic E-state index is 12.5. The number of H-pyrrole nitrogens is 1. The predicted molar refractivity (Wildman–Crippen MR) is 81.0 cm³/mol. The standard InChI is InChI=1S/C16H18N2O3/c1-18-8-6-10(7-9-18)14-13(16(20)21)15(19)11-4-2-3-5-12(11)17-14/h2-5,10H,6-9H2,1H3,(H,17,19)(H,20,21). The van der Waals surface area contributed by atoms with Crippen LogP contribution in [0.5, 0.6) is 0 Å². The number of hydrogen-bond acceptors (Lipinski definition) is 3. The molecule has 1 saturated heterocycles. The van der Waals surface area contributed by atoms with Crippen molar-refractivity contribution in [3.05, 3.63) is 45.7 Å². The number of aromatic amines is 1. The van der Waals surface area contributed by atoms with Crippen LogP contribution in [-0.4, -0.2) is 41.1 Å². The summed E-state index contributed by atoms with van der Waals surface area (Å²) < 4.78 is 0. The minimum atomic E-state index is -1.14. The normalized spacial score (nSPS) is 17.2. The van der Waals surface area contributed by atoms with Gasteiger partial charge >= 0.3 is 5.97 Å². The van der Waals surface area contributed by atoms with Gasteiger partial charge in [-0.1, -0.05) is 12.1 Å². The molecule has 5 nitrogen and oxygen atoms in total. The molecule has 1 aromatic heterocycles. The molecule has 2 N–H and O–H groups in total. The second-order valence-corrected chi connectivity index (χ2v) is 5.67. The smallest absolute Gasteiger partial charge is 0.341 e. The van der Waals surface area contributed by atoms with Gasteiger partial charge in [0, 0.05) is 22.5 Å². The number of nitrogens with one attached hydrogen (secondary N) is 1. The van der Waals surface area contributed by atoms with Gasteiger partial charge in [0.05, 0.1) is 0 Å². The second-order valence-electron chi connectivity index (χ2n) is 5.67. The molecule has 2 aromatic rings. The topological polar surface area (TPSA) is 73.4 Å². The van der Waals surface area contributed by atoms with E-state index in [0.717, 1.165) is 25.9 Å². The van der Waals surface area contributed by atoms with E-state index in [2.05, 4.69) is 16.9 Å². The Morgan fingerprint density at radius 2 is 1.95 bits per heavy atom. The van der Waals surface area contributed by atoms with Crippen molar-refractivity contribution in [2.75, 3.05) is 20.1 Å². The molecule has 110 valence electrons. The molecular formula is C16H18N2O3. The molecule has 0 radical (unpaired) electrons. The Bertz CT molecular complexity index is 743. The SMILES string of the molecule is CN1CCC(c2[nH]c3ccccc3c(=O)c2C(=O)O)CC1. The number of carboxylic acid groups (broad SMARTS) is 1. The molecule has 1 aliphatic rings. The van der Waals surface area contributed by atoms with Crippen molar-refractivity contribution in [2.24, 2.45) is 0 Å². The highest BCUT2D eigenvalue weighted by molar-refractivity contribution is 5.94. The van der Waals surface area contributed by atoms with E-state index < -0.39 is 5.97 Å². The quantitative estimate of drug-likeness (QED) is 0.886. The zero-order valence-electron chi connectivity index (χ0n) is 11.9. The minimum Gasteiger partial charge on any atom is -0.477 e. The van der Waals surface area contributed by atoms with Gasteiger partial charge < -0.3 is 15.0 Å². The van der Waals surface area contributed by atoms with Gasteiger partial charge in [-0.3, -0.25) is 4.79 Å². The van der Waals surface area contributed by atoms with Crippen LogP contribution in [0.4, 0.5) is 0 Å². The summed E-state index contributed by atoms with van der Waals surface area (Å²) in [6, 6.07) is 7.08. The molecule has 3 rings (SSSR count).